The van der Waals surface area contributed by atoms with Crippen LogP contribution in [0.5, 0.6) is 0 Å². The molecule has 0 saturated heterocycles. The molecule has 76 valence electrons. The van der Waals surface area contributed by atoms with Gasteiger partial charge in [-0.05, 0) is 12.1 Å². The second-order valence-electron chi connectivity index (χ2n) is 3.16. The van der Waals surface area contributed by atoms with E-state index in [2.05, 4.69) is 0 Å². The van der Waals surface area contributed by atoms with Crippen molar-refractivity contribution in [2.24, 2.45) is 0 Å². The molecule has 1 aromatic carbocycles. The molecule has 14 heavy (non-hydrogen) atoms. The van der Waals surface area contributed by atoms with Gasteiger partial charge in [0.1, 0.15) is 0 Å². The van der Waals surface area contributed by atoms with Crippen molar-refractivity contribution in [3.63, 3.8) is 0 Å². The number of hydrogen-bond acceptors (Lipinski definition) is 3. The van der Waals surface area contributed by atoms with E-state index in [0.717, 1.165) is 0 Å². The summed E-state index contributed by atoms with van der Waals surface area (Å²) in [7, 11) is 3.28. The Labute approximate surface area is 87.4 Å². The Morgan fingerprint density at radius 2 is 1.93 bits per heavy atom. The highest BCUT2D eigenvalue weighted by Gasteiger charge is 2.14. The van der Waals surface area contributed by atoms with E-state index in [0.29, 0.717) is 16.3 Å². The number of amides is 1. The van der Waals surface area contributed by atoms with E-state index in [1.807, 2.05) is 0 Å². The molecule has 0 spiro atoms. The van der Waals surface area contributed by atoms with Crippen LogP contribution < -0.4 is 11.5 Å². The number of rotatable bonds is 1. The highest BCUT2D eigenvalue weighted by molar-refractivity contribution is 6.31. The van der Waals surface area contributed by atoms with Crippen molar-refractivity contribution in [2.45, 2.75) is 0 Å². The Morgan fingerprint density at radius 1 is 1.36 bits per heavy atom. The predicted octanol–water partition coefficient (Wildman–Crippen LogP) is 1.21. The van der Waals surface area contributed by atoms with E-state index >= 15 is 0 Å². The smallest absolute Gasteiger partial charge is 0.255 e. The average molecular weight is 214 g/mol. The van der Waals surface area contributed by atoms with Gasteiger partial charge in [0.2, 0.25) is 0 Å². The maximum Gasteiger partial charge on any atom is 0.255 e. The molecule has 0 aromatic heterocycles. The molecule has 4 N–H and O–H groups in total. The third kappa shape index (κ3) is 1.90. The topological polar surface area (TPSA) is 72.3 Å². The maximum absolute atomic E-state index is 11.6. The number of hydrogen-bond donors (Lipinski definition) is 2. The van der Waals surface area contributed by atoms with Crippen LogP contribution in [0, 0.1) is 0 Å². The van der Waals surface area contributed by atoms with Crippen molar-refractivity contribution in [2.75, 3.05) is 25.6 Å². The zero-order valence-electron chi connectivity index (χ0n) is 8.04. The fraction of sp³-hybridized carbons (Fsp3) is 0.222. The van der Waals surface area contributed by atoms with Gasteiger partial charge in [0, 0.05) is 19.1 Å². The molecule has 1 aromatic rings. The summed E-state index contributed by atoms with van der Waals surface area (Å²) in [4.78, 5) is 13.0. The molecule has 5 heteroatoms. The molecule has 0 saturated carbocycles. The van der Waals surface area contributed by atoms with Crippen molar-refractivity contribution in [3.8, 4) is 0 Å². The van der Waals surface area contributed by atoms with E-state index < -0.39 is 0 Å². The summed E-state index contributed by atoms with van der Waals surface area (Å²) in [5.74, 6) is -0.211. The quantitative estimate of drug-likeness (QED) is 0.689. The third-order valence-corrected chi connectivity index (χ3v) is 2.03. The van der Waals surface area contributed by atoms with Gasteiger partial charge in [-0.1, -0.05) is 11.6 Å². The molecular formula is C9H12ClN3O. The number of carbonyl (C=O) groups excluding carboxylic acids is 1. The molecule has 0 aliphatic rings. The zero-order valence-corrected chi connectivity index (χ0v) is 8.80. The number of benzene rings is 1. The van der Waals surface area contributed by atoms with Crippen LogP contribution in [0.25, 0.3) is 0 Å². The largest absolute Gasteiger partial charge is 0.397 e. The summed E-state index contributed by atoms with van der Waals surface area (Å²) in [5, 5.41) is 0.405. The number of halogens is 1. The van der Waals surface area contributed by atoms with Crippen molar-refractivity contribution in [3.05, 3.63) is 22.7 Å². The number of nitrogens with two attached hydrogens (primary N) is 2. The molecule has 1 rings (SSSR count). The maximum atomic E-state index is 11.6. The lowest BCUT2D eigenvalue weighted by atomic mass is 10.1. The highest BCUT2D eigenvalue weighted by atomic mass is 35.5. The van der Waals surface area contributed by atoms with Crippen LogP contribution in [0.1, 0.15) is 10.4 Å². The second-order valence-corrected chi connectivity index (χ2v) is 3.59. The first-order valence-electron chi connectivity index (χ1n) is 3.99. The van der Waals surface area contributed by atoms with Crippen LogP contribution in [0.2, 0.25) is 5.02 Å². The van der Waals surface area contributed by atoms with Crippen LogP contribution in [0.4, 0.5) is 11.4 Å². The van der Waals surface area contributed by atoms with Crippen LogP contribution in [0.15, 0.2) is 12.1 Å². The minimum Gasteiger partial charge on any atom is -0.397 e. The fourth-order valence-electron chi connectivity index (χ4n) is 1.06. The van der Waals surface area contributed by atoms with E-state index in [1.54, 1.807) is 14.1 Å². The van der Waals surface area contributed by atoms with E-state index in [9.17, 15) is 4.79 Å². The van der Waals surface area contributed by atoms with Crippen molar-refractivity contribution in [1.82, 2.24) is 4.90 Å². The third-order valence-electron chi connectivity index (χ3n) is 1.81. The van der Waals surface area contributed by atoms with E-state index in [-0.39, 0.29) is 11.6 Å². The highest BCUT2D eigenvalue weighted by Crippen LogP contribution is 2.25. The van der Waals surface area contributed by atoms with Gasteiger partial charge in [-0.3, -0.25) is 4.79 Å². The first-order valence-corrected chi connectivity index (χ1v) is 4.37. The lowest BCUT2D eigenvalue weighted by molar-refractivity contribution is 0.0828. The van der Waals surface area contributed by atoms with E-state index in [1.165, 1.54) is 17.0 Å². The summed E-state index contributed by atoms with van der Waals surface area (Å²) in [5.41, 5.74) is 12.2. The van der Waals surface area contributed by atoms with Gasteiger partial charge in [0.25, 0.3) is 5.91 Å². The number of nitrogen functional groups attached to an aromatic ring is 2. The summed E-state index contributed by atoms with van der Waals surface area (Å²) in [6.07, 6.45) is 0. The van der Waals surface area contributed by atoms with Gasteiger partial charge in [-0.2, -0.15) is 0 Å². The molecule has 0 bridgehead atoms. The van der Waals surface area contributed by atoms with Crippen molar-refractivity contribution < 1.29 is 4.79 Å². The summed E-state index contributed by atoms with van der Waals surface area (Å²) in [6.45, 7) is 0. The number of nitrogens with zero attached hydrogens (tertiary/aromatic N) is 1. The monoisotopic (exact) mass is 213 g/mol. The summed E-state index contributed by atoms with van der Waals surface area (Å²) >= 11 is 5.76. The van der Waals surface area contributed by atoms with Gasteiger partial charge in [0.15, 0.2) is 0 Å². The van der Waals surface area contributed by atoms with Gasteiger partial charge in [-0.25, -0.2) is 0 Å². The van der Waals surface area contributed by atoms with E-state index in [4.69, 9.17) is 23.1 Å². The van der Waals surface area contributed by atoms with Gasteiger partial charge >= 0.3 is 0 Å². The molecular weight excluding hydrogens is 202 g/mol. The first-order chi connectivity index (χ1) is 6.43. The second kappa shape index (κ2) is 3.75. The van der Waals surface area contributed by atoms with Crippen molar-refractivity contribution >= 4 is 28.9 Å². The van der Waals surface area contributed by atoms with Gasteiger partial charge < -0.3 is 16.4 Å². The molecule has 0 fully saturated rings. The Bertz CT molecular complexity index is 377. The summed E-state index contributed by atoms with van der Waals surface area (Å²) in [6, 6.07) is 3.03. The van der Waals surface area contributed by atoms with Crippen LogP contribution in [-0.4, -0.2) is 24.9 Å². The van der Waals surface area contributed by atoms with Crippen molar-refractivity contribution in [1.29, 1.82) is 0 Å². The Morgan fingerprint density at radius 3 is 2.43 bits per heavy atom. The van der Waals surface area contributed by atoms with Crippen LogP contribution in [0.3, 0.4) is 0 Å². The van der Waals surface area contributed by atoms with Crippen LogP contribution in [-0.2, 0) is 0 Å². The minimum atomic E-state index is -0.211. The average Bonchev–Trinajstić information content (AvgIpc) is 2.09. The molecule has 0 atom stereocenters. The Hall–Kier alpha value is -1.42. The number of anilines is 2. The zero-order chi connectivity index (χ0) is 10.9. The number of carbonyl (C=O) groups is 1. The molecule has 0 aliphatic heterocycles. The molecule has 0 aliphatic carbocycles. The molecule has 4 nitrogen and oxygen atoms in total. The molecule has 1 amide bonds. The molecule has 0 heterocycles. The van der Waals surface area contributed by atoms with Crippen LogP contribution >= 0.6 is 11.6 Å². The van der Waals surface area contributed by atoms with Gasteiger partial charge in [-0.15, -0.1) is 0 Å². The lowest BCUT2D eigenvalue weighted by Crippen LogP contribution is -2.23. The Balaban J connectivity index is 3.27. The SMILES string of the molecule is CN(C)C(=O)c1cc(Cl)cc(N)c1N. The standard InChI is InChI=1S/C9H12ClN3O/c1-13(2)9(14)6-3-5(10)4-7(11)8(6)12/h3-4H,11-12H2,1-2H3. The molecule has 0 unspecified atom stereocenters. The minimum absolute atomic E-state index is 0.211. The normalized spacial score (nSPS) is 9.93. The summed E-state index contributed by atoms with van der Waals surface area (Å²) < 4.78 is 0. The first kappa shape index (κ1) is 10.7. The lowest BCUT2D eigenvalue weighted by Gasteiger charge is -2.13. The molecule has 0 radical (unpaired) electrons. The predicted molar refractivity (Wildman–Crippen MR) is 58.3 cm³/mol. The Kier molecular flexibility index (Phi) is 2.86. The van der Waals surface area contributed by atoms with Gasteiger partial charge in [0.05, 0.1) is 16.9 Å². The fourth-order valence-corrected chi connectivity index (χ4v) is 1.28.